The van der Waals surface area contributed by atoms with Gasteiger partial charge in [0.05, 0.1) is 18.8 Å². The molecule has 7 nitrogen and oxygen atoms in total. The van der Waals surface area contributed by atoms with Crippen molar-refractivity contribution < 1.29 is 41.8 Å². The molecule has 2 heterocycles. The van der Waals surface area contributed by atoms with Gasteiger partial charge in [-0.05, 0) is 30.3 Å². The molecule has 0 spiro atoms. The van der Waals surface area contributed by atoms with Crippen LogP contribution in [0, 0.1) is 5.82 Å². The fourth-order valence-electron chi connectivity index (χ4n) is 3.29. The molecule has 2 aliphatic rings. The summed E-state index contributed by atoms with van der Waals surface area (Å²) in [6.07, 6.45) is -4.92. The van der Waals surface area contributed by atoms with Gasteiger partial charge in [0.25, 0.3) is 5.91 Å². The van der Waals surface area contributed by atoms with E-state index in [1.807, 2.05) is 0 Å². The Bertz CT molecular complexity index is 1020. The summed E-state index contributed by atoms with van der Waals surface area (Å²) < 4.78 is 65.8. The van der Waals surface area contributed by atoms with Gasteiger partial charge >= 0.3 is 6.36 Å². The minimum absolute atomic E-state index is 0.0440. The Balaban J connectivity index is 1.72. The summed E-state index contributed by atoms with van der Waals surface area (Å²) in [5.74, 6) is -1.55. The molecule has 1 N–H and O–H groups in total. The zero-order chi connectivity index (χ0) is 20.8. The van der Waals surface area contributed by atoms with Gasteiger partial charge in [-0.25, -0.2) is 4.39 Å². The Morgan fingerprint density at radius 2 is 2.03 bits per heavy atom. The number of amides is 1. The number of carbonyl (C=O) groups is 1. The first-order chi connectivity index (χ1) is 13.8. The van der Waals surface area contributed by atoms with Gasteiger partial charge in [-0.3, -0.25) is 4.79 Å². The van der Waals surface area contributed by atoms with Crippen molar-refractivity contribution in [1.29, 1.82) is 0 Å². The van der Waals surface area contributed by atoms with E-state index in [-0.39, 0.29) is 31.2 Å². The number of hydrogen-bond acceptors (Lipinski definition) is 6. The van der Waals surface area contributed by atoms with Gasteiger partial charge in [0.15, 0.2) is 12.5 Å². The molecule has 0 saturated heterocycles. The summed E-state index contributed by atoms with van der Waals surface area (Å²) in [4.78, 5) is 13.8. The average Bonchev–Trinajstić information content (AvgIpc) is 2.91. The van der Waals surface area contributed by atoms with Crippen molar-refractivity contribution in [2.45, 2.75) is 19.5 Å². The molecule has 0 saturated carbocycles. The molecule has 11 heteroatoms. The summed E-state index contributed by atoms with van der Waals surface area (Å²) in [6, 6.07) is 5.63. The van der Waals surface area contributed by atoms with Crippen LogP contribution in [-0.2, 0) is 22.7 Å². The SMILES string of the molecule is O=C1/C(=N\O)c2cc(OC(F)(F)F)ccc2N1Cc1cc(F)cc2c1OCOC2. The van der Waals surface area contributed by atoms with Crippen molar-refractivity contribution >= 4 is 17.3 Å². The number of oxime groups is 1. The molecule has 152 valence electrons. The summed E-state index contributed by atoms with van der Waals surface area (Å²) in [5.41, 5.74) is 0.471. The highest BCUT2D eigenvalue weighted by atomic mass is 19.4. The number of ether oxygens (including phenoxy) is 3. The molecule has 0 aliphatic carbocycles. The predicted octanol–water partition coefficient (Wildman–Crippen LogP) is 3.32. The van der Waals surface area contributed by atoms with E-state index in [4.69, 9.17) is 9.47 Å². The maximum absolute atomic E-state index is 14.0. The predicted molar refractivity (Wildman–Crippen MR) is 89.3 cm³/mol. The highest BCUT2D eigenvalue weighted by Gasteiger charge is 2.37. The van der Waals surface area contributed by atoms with Crippen molar-refractivity contribution in [2.75, 3.05) is 11.7 Å². The molecule has 2 aromatic rings. The van der Waals surface area contributed by atoms with E-state index in [9.17, 15) is 27.6 Å². The van der Waals surface area contributed by atoms with Gasteiger partial charge in [-0.15, -0.1) is 13.2 Å². The number of nitrogens with zero attached hydrogens (tertiary/aromatic N) is 2. The van der Waals surface area contributed by atoms with Crippen LogP contribution in [0.15, 0.2) is 35.5 Å². The Kier molecular flexibility index (Phi) is 4.53. The van der Waals surface area contributed by atoms with E-state index in [0.717, 1.165) is 17.0 Å². The molecule has 2 aliphatic heterocycles. The zero-order valence-corrected chi connectivity index (χ0v) is 14.5. The molecule has 0 aromatic heterocycles. The van der Waals surface area contributed by atoms with Crippen LogP contribution in [-0.4, -0.2) is 30.0 Å². The lowest BCUT2D eigenvalue weighted by molar-refractivity contribution is -0.274. The number of rotatable bonds is 3. The van der Waals surface area contributed by atoms with E-state index in [1.165, 1.54) is 18.2 Å². The van der Waals surface area contributed by atoms with E-state index >= 15 is 0 Å². The summed E-state index contributed by atoms with van der Waals surface area (Å²) in [6.45, 7) is -0.0752. The van der Waals surface area contributed by atoms with E-state index in [2.05, 4.69) is 9.89 Å². The molecule has 1 amide bonds. The lowest BCUT2D eigenvalue weighted by atomic mass is 10.1. The normalized spacial score (nSPS) is 17.2. The van der Waals surface area contributed by atoms with Crippen LogP contribution in [0.2, 0.25) is 0 Å². The number of carbonyl (C=O) groups excluding carboxylic acids is 1. The van der Waals surface area contributed by atoms with E-state index in [1.54, 1.807) is 0 Å². The molecular weight excluding hydrogens is 400 g/mol. The number of alkyl halides is 3. The number of halogens is 4. The topological polar surface area (TPSA) is 80.6 Å². The number of fused-ring (bicyclic) bond motifs is 2. The Morgan fingerprint density at radius 3 is 2.76 bits per heavy atom. The average molecular weight is 412 g/mol. The van der Waals surface area contributed by atoms with Crippen LogP contribution >= 0.6 is 0 Å². The first kappa shape index (κ1) is 19.0. The first-order valence-electron chi connectivity index (χ1n) is 8.23. The first-order valence-corrected chi connectivity index (χ1v) is 8.23. The molecule has 4 rings (SSSR count). The van der Waals surface area contributed by atoms with Crippen LogP contribution in [0.3, 0.4) is 0 Å². The van der Waals surface area contributed by atoms with Crippen molar-refractivity contribution in [3.63, 3.8) is 0 Å². The van der Waals surface area contributed by atoms with Gasteiger partial charge in [0.1, 0.15) is 17.3 Å². The van der Waals surface area contributed by atoms with Crippen LogP contribution in [0.5, 0.6) is 11.5 Å². The third-order valence-corrected chi connectivity index (χ3v) is 4.38. The smallest absolute Gasteiger partial charge is 0.467 e. The fourth-order valence-corrected chi connectivity index (χ4v) is 3.29. The summed E-state index contributed by atoms with van der Waals surface area (Å²) in [5, 5.41) is 12.1. The molecule has 0 radical (unpaired) electrons. The quantitative estimate of drug-likeness (QED) is 0.475. The van der Waals surface area contributed by atoms with Crippen LogP contribution in [0.4, 0.5) is 23.2 Å². The van der Waals surface area contributed by atoms with Gasteiger partial charge in [0.2, 0.25) is 0 Å². The standard InChI is InChI=1S/C18H12F4N2O5/c19-11-3-9(16-10(4-11)7-27-8-28-16)6-24-14-2-1-12(29-18(20,21)22)5-13(14)15(23-26)17(24)25/h1-5,26H,6-8H2/b23-15-. The highest BCUT2D eigenvalue weighted by Crippen LogP contribution is 2.37. The molecule has 0 bridgehead atoms. The van der Waals surface area contributed by atoms with Gasteiger partial charge in [0, 0.05) is 16.7 Å². The highest BCUT2D eigenvalue weighted by molar-refractivity contribution is 6.54. The second kappa shape index (κ2) is 6.92. The van der Waals surface area contributed by atoms with E-state index < -0.39 is 29.5 Å². The largest absolute Gasteiger partial charge is 0.573 e. The second-order valence-electron chi connectivity index (χ2n) is 6.23. The Morgan fingerprint density at radius 1 is 1.24 bits per heavy atom. The van der Waals surface area contributed by atoms with Crippen molar-refractivity contribution in [3.8, 4) is 11.5 Å². The van der Waals surface area contributed by atoms with Gasteiger partial charge in [-0.2, -0.15) is 0 Å². The maximum atomic E-state index is 14.0. The minimum Gasteiger partial charge on any atom is -0.467 e. The number of benzene rings is 2. The minimum atomic E-state index is -4.92. The summed E-state index contributed by atoms with van der Waals surface area (Å²) in [7, 11) is 0. The maximum Gasteiger partial charge on any atom is 0.573 e. The van der Waals surface area contributed by atoms with E-state index in [0.29, 0.717) is 16.9 Å². The van der Waals surface area contributed by atoms with Crippen LogP contribution in [0.25, 0.3) is 0 Å². The van der Waals surface area contributed by atoms with Crippen LogP contribution < -0.4 is 14.4 Å². The Labute approximate surface area is 160 Å². The van der Waals surface area contributed by atoms with Crippen molar-refractivity contribution in [1.82, 2.24) is 0 Å². The third kappa shape index (κ3) is 3.56. The molecule has 0 atom stereocenters. The summed E-state index contributed by atoms with van der Waals surface area (Å²) >= 11 is 0. The van der Waals surface area contributed by atoms with Crippen LogP contribution in [0.1, 0.15) is 16.7 Å². The second-order valence-corrected chi connectivity index (χ2v) is 6.23. The Hall–Kier alpha value is -3.34. The van der Waals surface area contributed by atoms with Gasteiger partial charge in [-0.1, -0.05) is 5.16 Å². The molecule has 2 aromatic carbocycles. The van der Waals surface area contributed by atoms with Crippen molar-refractivity contribution in [2.24, 2.45) is 5.16 Å². The third-order valence-electron chi connectivity index (χ3n) is 4.38. The molecular formula is C18H12F4N2O5. The monoisotopic (exact) mass is 412 g/mol. The fraction of sp³-hybridized carbons (Fsp3) is 0.222. The molecule has 0 fully saturated rings. The number of anilines is 1. The molecule has 29 heavy (non-hydrogen) atoms. The lowest BCUT2D eigenvalue weighted by Crippen LogP contribution is -2.30. The van der Waals surface area contributed by atoms with Crippen molar-refractivity contribution in [3.05, 3.63) is 52.8 Å². The zero-order valence-electron chi connectivity index (χ0n) is 14.5. The van der Waals surface area contributed by atoms with Gasteiger partial charge < -0.3 is 24.3 Å². The lowest BCUT2D eigenvalue weighted by Gasteiger charge is -2.24. The molecule has 0 unspecified atom stereocenters. The number of hydrogen-bond donors (Lipinski definition) is 1.